The number of nitrogens with zero attached hydrogens (tertiary/aromatic N) is 3. The van der Waals surface area contributed by atoms with Gasteiger partial charge in [-0.05, 0) is 12.1 Å². The fourth-order valence-electron chi connectivity index (χ4n) is 1.42. The maximum Gasteiger partial charge on any atom is 0.163 e. The van der Waals surface area contributed by atoms with E-state index in [-0.39, 0.29) is 5.82 Å². The highest BCUT2D eigenvalue weighted by Gasteiger charge is 2.09. The first-order valence-electron chi connectivity index (χ1n) is 4.56. The fraction of sp³-hybridized carbons (Fsp3) is 0.200. The highest BCUT2D eigenvalue weighted by molar-refractivity contribution is 5.55. The van der Waals surface area contributed by atoms with Gasteiger partial charge in [0.2, 0.25) is 0 Å². The quantitative estimate of drug-likeness (QED) is 0.799. The number of aromatic nitrogens is 3. The van der Waals surface area contributed by atoms with Crippen molar-refractivity contribution in [2.45, 2.75) is 6.54 Å². The maximum atomic E-state index is 13.0. The van der Waals surface area contributed by atoms with Gasteiger partial charge in [0.25, 0.3) is 0 Å². The zero-order valence-corrected chi connectivity index (χ0v) is 8.31. The average Bonchev–Trinajstić information content (AvgIpc) is 2.59. The van der Waals surface area contributed by atoms with Crippen LogP contribution in [0.5, 0.6) is 0 Å². The molecule has 4 nitrogen and oxygen atoms in total. The van der Waals surface area contributed by atoms with Crippen LogP contribution in [0.25, 0.3) is 11.4 Å². The summed E-state index contributed by atoms with van der Waals surface area (Å²) in [6.45, 7) is 0.318. The van der Waals surface area contributed by atoms with Gasteiger partial charge in [-0.2, -0.15) is 0 Å². The van der Waals surface area contributed by atoms with Crippen molar-refractivity contribution >= 4 is 0 Å². The molecule has 0 bridgehead atoms. The monoisotopic (exact) mass is 206 g/mol. The molecule has 0 aliphatic heterocycles. The van der Waals surface area contributed by atoms with E-state index in [1.807, 2.05) is 7.05 Å². The van der Waals surface area contributed by atoms with Gasteiger partial charge in [-0.15, -0.1) is 10.2 Å². The van der Waals surface area contributed by atoms with Gasteiger partial charge in [0.1, 0.15) is 11.6 Å². The van der Waals surface area contributed by atoms with Gasteiger partial charge in [-0.25, -0.2) is 4.39 Å². The first kappa shape index (κ1) is 9.79. The van der Waals surface area contributed by atoms with Crippen LogP contribution in [-0.4, -0.2) is 14.8 Å². The van der Waals surface area contributed by atoms with Crippen molar-refractivity contribution in [2.75, 3.05) is 0 Å². The molecule has 15 heavy (non-hydrogen) atoms. The number of nitrogens with two attached hydrogens (primary N) is 1. The Morgan fingerprint density at radius 2 is 2.20 bits per heavy atom. The molecule has 1 aromatic heterocycles. The lowest BCUT2D eigenvalue weighted by Crippen LogP contribution is -2.05. The van der Waals surface area contributed by atoms with E-state index in [2.05, 4.69) is 10.2 Å². The number of halogens is 1. The second-order valence-corrected chi connectivity index (χ2v) is 3.21. The van der Waals surface area contributed by atoms with Crippen LogP contribution in [0.2, 0.25) is 0 Å². The molecular formula is C10H11FN4. The van der Waals surface area contributed by atoms with Crippen molar-refractivity contribution in [3.8, 4) is 11.4 Å². The van der Waals surface area contributed by atoms with Crippen LogP contribution in [0.4, 0.5) is 4.39 Å². The van der Waals surface area contributed by atoms with Crippen LogP contribution in [0.1, 0.15) is 5.82 Å². The topological polar surface area (TPSA) is 56.7 Å². The van der Waals surface area contributed by atoms with Gasteiger partial charge in [-0.1, -0.05) is 12.1 Å². The Morgan fingerprint density at radius 1 is 1.40 bits per heavy atom. The Balaban J connectivity index is 2.49. The summed E-state index contributed by atoms with van der Waals surface area (Å²) in [7, 11) is 1.81. The minimum absolute atomic E-state index is 0.287. The van der Waals surface area contributed by atoms with Gasteiger partial charge in [0.15, 0.2) is 5.82 Å². The highest BCUT2D eigenvalue weighted by Crippen LogP contribution is 2.17. The molecule has 0 unspecified atom stereocenters. The summed E-state index contributed by atoms with van der Waals surface area (Å²) < 4.78 is 14.7. The number of hydrogen-bond acceptors (Lipinski definition) is 3. The van der Waals surface area contributed by atoms with E-state index in [1.54, 1.807) is 16.7 Å². The molecule has 0 radical (unpaired) electrons. The van der Waals surface area contributed by atoms with E-state index in [9.17, 15) is 4.39 Å². The third-order valence-electron chi connectivity index (χ3n) is 2.23. The molecule has 0 aliphatic rings. The normalized spacial score (nSPS) is 10.6. The Hall–Kier alpha value is -1.75. The molecule has 2 rings (SSSR count). The summed E-state index contributed by atoms with van der Waals surface area (Å²) in [5.41, 5.74) is 6.17. The van der Waals surface area contributed by atoms with Gasteiger partial charge in [0.05, 0.1) is 6.54 Å². The summed E-state index contributed by atoms with van der Waals surface area (Å²) in [5.74, 6) is 1.01. The van der Waals surface area contributed by atoms with Crippen LogP contribution in [0, 0.1) is 5.82 Å². The SMILES string of the molecule is Cn1c(CN)nnc1-c1cccc(F)c1. The largest absolute Gasteiger partial charge is 0.324 e. The summed E-state index contributed by atoms with van der Waals surface area (Å²) in [4.78, 5) is 0. The molecule has 2 N–H and O–H groups in total. The van der Waals surface area contributed by atoms with Crippen LogP contribution in [-0.2, 0) is 13.6 Å². The van der Waals surface area contributed by atoms with Crippen LogP contribution in [0.15, 0.2) is 24.3 Å². The molecule has 78 valence electrons. The van der Waals surface area contributed by atoms with Crippen molar-refractivity contribution in [3.63, 3.8) is 0 Å². The van der Waals surface area contributed by atoms with Crippen molar-refractivity contribution in [3.05, 3.63) is 35.9 Å². The Morgan fingerprint density at radius 3 is 2.80 bits per heavy atom. The number of benzene rings is 1. The Bertz CT molecular complexity index is 478. The van der Waals surface area contributed by atoms with E-state index in [1.165, 1.54) is 12.1 Å². The average molecular weight is 206 g/mol. The van der Waals surface area contributed by atoms with E-state index in [0.717, 1.165) is 0 Å². The second-order valence-electron chi connectivity index (χ2n) is 3.21. The third-order valence-corrected chi connectivity index (χ3v) is 2.23. The summed E-state index contributed by atoms with van der Waals surface area (Å²) in [5, 5.41) is 7.87. The lowest BCUT2D eigenvalue weighted by molar-refractivity contribution is 0.628. The molecular weight excluding hydrogens is 195 g/mol. The third kappa shape index (κ3) is 1.73. The van der Waals surface area contributed by atoms with E-state index < -0.39 is 0 Å². The zero-order chi connectivity index (χ0) is 10.8. The predicted molar refractivity (Wildman–Crippen MR) is 54.3 cm³/mol. The molecule has 0 atom stereocenters. The van der Waals surface area contributed by atoms with E-state index >= 15 is 0 Å². The lowest BCUT2D eigenvalue weighted by Gasteiger charge is -2.02. The van der Waals surface area contributed by atoms with Crippen molar-refractivity contribution in [1.82, 2.24) is 14.8 Å². The zero-order valence-electron chi connectivity index (χ0n) is 8.31. The van der Waals surface area contributed by atoms with Gasteiger partial charge in [0, 0.05) is 12.6 Å². The molecule has 1 aromatic carbocycles. The minimum atomic E-state index is -0.287. The molecule has 0 amide bonds. The molecule has 0 saturated carbocycles. The lowest BCUT2D eigenvalue weighted by atomic mass is 10.2. The van der Waals surface area contributed by atoms with E-state index in [0.29, 0.717) is 23.8 Å². The van der Waals surface area contributed by atoms with E-state index in [4.69, 9.17) is 5.73 Å². The van der Waals surface area contributed by atoms with Crippen molar-refractivity contribution < 1.29 is 4.39 Å². The van der Waals surface area contributed by atoms with Crippen LogP contribution < -0.4 is 5.73 Å². The molecule has 0 spiro atoms. The summed E-state index contributed by atoms with van der Waals surface area (Å²) >= 11 is 0. The maximum absolute atomic E-state index is 13.0. The fourth-order valence-corrected chi connectivity index (χ4v) is 1.42. The first-order valence-corrected chi connectivity index (χ1v) is 4.56. The molecule has 5 heteroatoms. The van der Waals surface area contributed by atoms with Gasteiger partial charge in [-0.3, -0.25) is 0 Å². The number of rotatable bonds is 2. The predicted octanol–water partition coefficient (Wildman–Crippen LogP) is 1.08. The van der Waals surface area contributed by atoms with Crippen molar-refractivity contribution in [1.29, 1.82) is 0 Å². The molecule has 0 fully saturated rings. The van der Waals surface area contributed by atoms with Crippen LogP contribution >= 0.6 is 0 Å². The standard InChI is InChI=1S/C10H11FN4/c1-15-9(6-12)13-14-10(15)7-3-2-4-8(11)5-7/h2-5H,6,12H2,1H3. The second kappa shape index (κ2) is 3.78. The molecule has 2 aromatic rings. The molecule has 0 saturated heterocycles. The molecule has 1 heterocycles. The minimum Gasteiger partial charge on any atom is -0.324 e. The summed E-state index contributed by atoms with van der Waals surface area (Å²) in [6, 6.07) is 6.24. The summed E-state index contributed by atoms with van der Waals surface area (Å²) in [6.07, 6.45) is 0. The number of hydrogen-bond donors (Lipinski definition) is 1. The Kier molecular flexibility index (Phi) is 2.47. The van der Waals surface area contributed by atoms with Crippen molar-refractivity contribution in [2.24, 2.45) is 12.8 Å². The smallest absolute Gasteiger partial charge is 0.163 e. The first-order chi connectivity index (χ1) is 7.22. The highest BCUT2D eigenvalue weighted by atomic mass is 19.1. The van der Waals surface area contributed by atoms with Crippen LogP contribution in [0.3, 0.4) is 0 Å². The molecule has 0 aliphatic carbocycles. The van der Waals surface area contributed by atoms with Gasteiger partial charge >= 0.3 is 0 Å². The van der Waals surface area contributed by atoms with Gasteiger partial charge < -0.3 is 10.3 Å². The Labute approximate surface area is 86.6 Å².